The van der Waals surface area contributed by atoms with Crippen LogP contribution in [0, 0.1) is 12.8 Å². The van der Waals surface area contributed by atoms with Crippen LogP contribution in [0.2, 0.25) is 5.02 Å². The molecule has 1 fully saturated rings. The predicted octanol–water partition coefficient (Wildman–Crippen LogP) is 4.12. The molecule has 0 radical (unpaired) electrons. The van der Waals surface area contributed by atoms with E-state index >= 15 is 0 Å². The second kappa shape index (κ2) is 9.60. The van der Waals surface area contributed by atoms with Crippen LogP contribution in [0.25, 0.3) is 0 Å². The normalized spacial score (nSPS) is 16.5. The molecule has 0 bridgehead atoms. The van der Waals surface area contributed by atoms with Gasteiger partial charge in [-0.25, -0.2) is 0 Å². The number of piperidine rings is 1. The second-order valence-electron chi connectivity index (χ2n) is 6.93. The van der Waals surface area contributed by atoms with Gasteiger partial charge in [0.2, 0.25) is 0 Å². The molecule has 2 aromatic rings. The zero-order valence-electron chi connectivity index (χ0n) is 15.9. The first-order valence-electron chi connectivity index (χ1n) is 9.44. The number of esters is 1. The molecule has 3 rings (SSSR count). The minimum Gasteiger partial charge on any atom is -0.490 e. The Hall–Kier alpha value is -2.53. The van der Waals surface area contributed by atoms with E-state index in [1.807, 2.05) is 31.2 Å². The molecule has 1 amide bonds. The van der Waals surface area contributed by atoms with Gasteiger partial charge in [0.15, 0.2) is 0 Å². The molecule has 0 aliphatic carbocycles. The molecule has 148 valence electrons. The van der Waals surface area contributed by atoms with Crippen LogP contribution in [-0.4, -0.2) is 43.1 Å². The van der Waals surface area contributed by atoms with Gasteiger partial charge in [0.25, 0.3) is 5.91 Å². The second-order valence-corrected chi connectivity index (χ2v) is 7.36. The molecule has 28 heavy (non-hydrogen) atoms. The van der Waals surface area contributed by atoms with Gasteiger partial charge in [-0.1, -0.05) is 29.3 Å². The third-order valence-electron chi connectivity index (χ3n) is 4.75. The van der Waals surface area contributed by atoms with E-state index in [0.29, 0.717) is 30.3 Å². The summed E-state index contributed by atoms with van der Waals surface area (Å²) in [4.78, 5) is 26.7. The van der Waals surface area contributed by atoms with Crippen molar-refractivity contribution in [1.82, 2.24) is 4.90 Å². The van der Waals surface area contributed by atoms with Crippen LogP contribution in [0.4, 0.5) is 0 Å². The average Bonchev–Trinajstić information content (AvgIpc) is 2.72. The molecule has 1 aliphatic rings. The fourth-order valence-corrected chi connectivity index (χ4v) is 3.31. The average molecular weight is 402 g/mol. The molecule has 1 saturated heterocycles. The van der Waals surface area contributed by atoms with Gasteiger partial charge in [0.1, 0.15) is 19.0 Å². The fraction of sp³-hybridized carbons (Fsp3) is 0.364. The van der Waals surface area contributed by atoms with Crippen molar-refractivity contribution in [3.05, 3.63) is 64.7 Å². The maximum Gasteiger partial charge on any atom is 0.310 e. The molecule has 1 aliphatic heterocycles. The minimum atomic E-state index is -0.302. The first kappa shape index (κ1) is 20.2. The Morgan fingerprint density at radius 3 is 2.50 bits per heavy atom. The third-order valence-corrected chi connectivity index (χ3v) is 5.00. The van der Waals surface area contributed by atoms with Crippen molar-refractivity contribution < 1.29 is 19.1 Å². The SMILES string of the molecule is Cc1ccc(OCCOC(=O)[C@H]2CCCN(C(=O)c3ccc(Cl)cc3)C2)cc1. The molecule has 6 heteroatoms. The number of carbonyl (C=O) groups excluding carboxylic acids is 2. The van der Waals surface area contributed by atoms with Gasteiger partial charge in [0, 0.05) is 23.7 Å². The Morgan fingerprint density at radius 2 is 1.79 bits per heavy atom. The molecule has 1 heterocycles. The zero-order chi connectivity index (χ0) is 19.9. The Balaban J connectivity index is 1.45. The molecule has 5 nitrogen and oxygen atoms in total. The zero-order valence-corrected chi connectivity index (χ0v) is 16.7. The standard InChI is InChI=1S/C22H24ClNO4/c1-16-4-10-20(11-5-16)27-13-14-28-22(26)18-3-2-12-24(15-18)21(25)17-6-8-19(23)9-7-17/h4-11,18H,2-3,12-15H2,1H3/t18-/m0/s1. The van der Waals surface area contributed by atoms with Gasteiger partial charge in [-0.05, 0) is 56.2 Å². The van der Waals surface area contributed by atoms with Crippen molar-refractivity contribution in [1.29, 1.82) is 0 Å². The molecular formula is C22H24ClNO4. The first-order chi connectivity index (χ1) is 13.5. The van der Waals surface area contributed by atoms with Crippen molar-refractivity contribution in [3.8, 4) is 5.75 Å². The number of nitrogens with zero attached hydrogens (tertiary/aromatic N) is 1. The highest BCUT2D eigenvalue weighted by atomic mass is 35.5. The van der Waals surface area contributed by atoms with E-state index in [2.05, 4.69) is 0 Å². The summed E-state index contributed by atoms with van der Waals surface area (Å²) >= 11 is 5.88. The lowest BCUT2D eigenvalue weighted by Crippen LogP contribution is -2.43. The Morgan fingerprint density at radius 1 is 1.07 bits per heavy atom. The first-order valence-corrected chi connectivity index (χ1v) is 9.81. The monoisotopic (exact) mass is 401 g/mol. The number of aryl methyl sites for hydroxylation is 1. The van der Waals surface area contributed by atoms with E-state index in [4.69, 9.17) is 21.1 Å². The van der Waals surface area contributed by atoms with Gasteiger partial charge in [-0.15, -0.1) is 0 Å². The number of ether oxygens (including phenoxy) is 2. The highest BCUT2D eigenvalue weighted by Crippen LogP contribution is 2.21. The number of likely N-dealkylation sites (tertiary alicyclic amines) is 1. The van der Waals surface area contributed by atoms with Crippen molar-refractivity contribution in [2.75, 3.05) is 26.3 Å². The molecule has 2 aromatic carbocycles. The van der Waals surface area contributed by atoms with Crippen LogP contribution in [-0.2, 0) is 9.53 Å². The van der Waals surface area contributed by atoms with E-state index < -0.39 is 0 Å². The molecule has 0 spiro atoms. The summed E-state index contributed by atoms with van der Waals surface area (Å²) in [5.41, 5.74) is 1.73. The van der Waals surface area contributed by atoms with Crippen LogP contribution in [0.5, 0.6) is 5.75 Å². The molecule has 0 saturated carbocycles. The number of halogens is 1. The van der Waals surface area contributed by atoms with Crippen LogP contribution >= 0.6 is 11.6 Å². The van der Waals surface area contributed by atoms with Crippen LogP contribution in [0.3, 0.4) is 0 Å². The van der Waals surface area contributed by atoms with Gasteiger partial charge < -0.3 is 14.4 Å². The number of hydrogen-bond acceptors (Lipinski definition) is 4. The van der Waals surface area contributed by atoms with Gasteiger partial charge in [0.05, 0.1) is 5.92 Å². The Kier molecular flexibility index (Phi) is 6.93. The van der Waals surface area contributed by atoms with Crippen LogP contribution in [0.15, 0.2) is 48.5 Å². The van der Waals surface area contributed by atoms with Crippen molar-refractivity contribution in [3.63, 3.8) is 0 Å². The lowest BCUT2D eigenvalue weighted by atomic mass is 9.97. The van der Waals surface area contributed by atoms with Crippen molar-refractivity contribution in [2.24, 2.45) is 5.92 Å². The van der Waals surface area contributed by atoms with Crippen molar-refractivity contribution >= 4 is 23.5 Å². The quantitative estimate of drug-likeness (QED) is 0.539. The third kappa shape index (κ3) is 5.49. The Bertz CT molecular complexity index is 804. The van der Waals surface area contributed by atoms with Crippen LogP contribution in [0.1, 0.15) is 28.8 Å². The highest BCUT2D eigenvalue weighted by molar-refractivity contribution is 6.30. The maximum absolute atomic E-state index is 12.6. The highest BCUT2D eigenvalue weighted by Gasteiger charge is 2.29. The smallest absolute Gasteiger partial charge is 0.310 e. The van der Waals surface area contributed by atoms with Gasteiger partial charge in [-0.2, -0.15) is 0 Å². The lowest BCUT2D eigenvalue weighted by molar-refractivity contribution is -0.150. The van der Waals surface area contributed by atoms with E-state index in [1.54, 1.807) is 29.2 Å². The van der Waals surface area contributed by atoms with Gasteiger partial charge >= 0.3 is 5.97 Å². The maximum atomic E-state index is 12.6. The predicted molar refractivity (Wildman–Crippen MR) is 108 cm³/mol. The summed E-state index contributed by atoms with van der Waals surface area (Å²) in [7, 11) is 0. The summed E-state index contributed by atoms with van der Waals surface area (Å²) in [6.45, 7) is 3.51. The summed E-state index contributed by atoms with van der Waals surface area (Å²) < 4.78 is 10.9. The van der Waals surface area contributed by atoms with Gasteiger partial charge in [-0.3, -0.25) is 9.59 Å². The van der Waals surface area contributed by atoms with E-state index in [9.17, 15) is 9.59 Å². The summed E-state index contributed by atoms with van der Waals surface area (Å²) in [6.07, 6.45) is 1.50. The topological polar surface area (TPSA) is 55.8 Å². The van der Waals surface area contributed by atoms with Crippen molar-refractivity contribution in [2.45, 2.75) is 19.8 Å². The lowest BCUT2D eigenvalue weighted by Gasteiger charge is -2.31. The molecule has 0 aromatic heterocycles. The molecular weight excluding hydrogens is 378 g/mol. The fourth-order valence-electron chi connectivity index (χ4n) is 3.18. The van der Waals surface area contributed by atoms with Crippen LogP contribution < -0.4 is 4.74 Å². The van der Waals surface area contributed by atoms with E-state index in [0.717, 1.165) is 24.2 Å². The molecule has 1 atom stereocenters. The molecule has 0 unspecified atom stereocenters. The number of rotatable bonds is 6. The summed E-state index contributed by atoms with van der Waals surface area (Å²) in [5.74, 6) is 0.0846. The number of benzene rings is 2. The minimum absolute atomic E-state index is 0.0862. The van der Waals surface area contributed by atoms with E-state index in [1.165, 1.54) is 0 Å². The van der Waals surface area contributed by atoms with E-state index in [-0.39, 0.29) is 24.4 Å². The number of hydrogen-bond donors (Lipinski definition) is 0. The summed E-state index contributed by atoms with van der Waals surface area (Å²) in [6, 6.07) is 14.5. The molecule has 0 N–H and O–H groups in total. The number of amides is 1. The Labute approximate surface area is 170 Å². The largest absolute Gasteiger partial charge is 0.490 e. The summed E-state index contributed by atoms with van der Waals surface area (Å²) in [5, 5.41) is 0.588. The number of carbonyl (C=O) groups is 2.